The SMILES string of the molecule is COc1ccc(C(CC[SH](=O)=O)N2C(=O)c3cccc(NC(=O)CN(C)C)c3C2=O)cc1OC. The quantitative estimate of drug-likeness (QED) is 0.381. The number of amides is 3. The number of thiol groups is 1. The summed E-state index contributed by atoms with van der Waals surface area (Å²) >= 11 is 0. The van der Waals surface area contributed by atoms with E-state index in [0.29, 0.717) is 17.1 Å². The highest BCUT2D eigenvalue weighted by atomic mass is 32.2. The number of hydrogen-bond acceptors (Lipinski definition) is 8. The number of nitrogens with one attached hydrogen (secondary N) is 1. The van der Waals surface area contributed by atoms with Crippen LogP contribution >= 0.6 is 0 Å². The van der Waals surface area contributed by atoms with E-state index in [-0.39, 0.29) is 41.4 Å². The predicted octanol–water partition coefficient (Wildman–Crippen LogP) is 1.54. The number of likely N-dealkylation sites (N-methyl/N-ethyl adjacent to an activating group) is 1. The van der Waals surface area contributed by atoms with Gasteiger partial charge in [-0.25, -0.2) is 8.42 Å². The van der Waals surface area contributed by atoms with Crippen molar-refractivity contribution in [2.24, 2.45) is 0 Å². The molecule has 0 saturated heterocycles. The second kappa shape index (κ2) is 10.7. The molecule has 1 aliphatic rings. The molecule has 11 heteroatoms. The van der Waals surface area contributed by atoms with Crippen molar-refractivity contribution in [3.63, 3.8) is 0 Å². The highest BCUT2D eigenvalue weighted by Gasteiger charge is 2.42. The van der Waals surface area contributed by atoms with E-state index in [2.05, 4.69) is 5.32 Å². The first-order chi connectivity index (χ1) is 16.2. The maximum atomic E-state index is 13.5. The fourth-order valence-electron chi connectivity index (χ4n) is 3.90. The number of hydrogen-bond donors (Lipinski definition) is 2. The van der Waals surface area contributed by atoms with E-state index in [1.807, 2.05) is 0 Å². The van der Waals surface area contributed by atoms with Crippen molar-refractivity contribution in [2.45, 2.75) is 12.5 Å². The van der Waals surface area contributed by atoms with Crippen molar-refractivity contribution in [1.82, 2.24) is 9.80 Å². The Morgan fingerprint density at radius 3 is 2.38 bits per heavy atom. The molecule has 0 bridgehead atoms. The summed E-state index contributed by atoms with van der Waals surface area (Å²) < 4.78 is 33.3. The van der Waals surface area contributed by atoms with Crippen LogP contribution in [0.15, 0.2) is 36.4 Å². The Kier molecular flexibility index (Phi) is 7.90. The van der Waals surface area contributed by atoms with Crippen LogP contribution < -0.4 is 14.8 Å². The van der Waals surface area contributed by atoms with Gasteiger partial charge in [0.05, 0.1) is 43.6 Å². The lowest BCUT2D eigenvalue weighted by Gasteiger charge is -2.27. The number of fused-ring (bicyclic) bond motifs is 1. The average Bonchev–Trinajstić information content (AvgIpc) is 3.04. The van der Waals surface area contributed by atoms with Crippen LogP contribution in [0.1, 0.15) is 38.7 Å². The van der Waals surface area contributed by atoms with E-state index < -0.39 is 28.6 Å². The first kappa shape index (κ1) is 25.2. The summed E-state index contributed by atoms with van der Waals surface area (Å²) in [4.78, 5) is 41.9. The highest BCUT2D eigenvalue weighted by Crippen LogP contribution is 2.39. The fraction of sp³-hybridized carbons (Fsp3) is 0.348. The Morgan fingerprint density at radius 2 is 1.76 bits per heavy atom. The lowest BCUT2D eigenvalue weighted by molar-refractivity contribution is -0.116. The predicted molar refractivity (Wildman–Crippen MR) is 126 cm³/mol. The number of benzene rings is 2. The molecule has 3 amide bonds. The minimum atomic E-state index is -2.74. The number of rotatable bonds is 10. The van der Waals surface area contributed by atoms with Crippen LogP contribution in [-0.2, 0) is 15.5 Å². The van der Waals surface area contributed by atoms with Gasteiger partial charge < -0.3 is 19.7 Å². The fourth-order valence-corrected chi connectivity index (χ4v) is 4.36. The molecule has 0 spiro atoms. The summed E-state index contributed by atoms with van der Waals surface area (Å²) in [7, 11) is 3.67. The third kappa shape index (κ3) is 5.20. The van der Waals surface area contributed by atoms with Crippen LogP contribution in [0.3, 0.4) is 0 Å². The Bertz CT molecular complexity index is 1190. The summed E-state index contributed by atoms with van der Waals surface area (Å²) in [6.45, 7) is 0.0976. The third-order valence-corrected chi connectivity index (χ3v) is 5.99. The number of anilines is 1. The van der Waals surface area contributed by atoms with Gasteiger partial charge in [0, 0.05) is 5.75 Å². The first-order valence-corrected chi connectivity index (χ1v) is 11.8. The van der Waals surface area contributed by atoms with E-state index in [9.17, 15) is 22.8 Å². The Morgan fingerprint density at radius 1 is 1.06 bits per heavy atom. The standard InChI is InChI=1S/C23H27N3O7S/c1-25(2)13-20(27)24-16-7-5-6-15-21(16)23(29)26(22(15)28)17(10-11-34(30)31)14-8-9-18(32-3)19(12-14)33-4/h5-9,12,17,34H,10-11,13H2,1-4H3,(H,24,27). The van der Waals surface area contributed by atoms with Crippen molar-refractivity contribution in [2.75, 3.05) is 45.9 Å². The van der Waals surface area contributed by atoms with Crippen LogP contribution in [0, 0.1) is 0 Å². The van der Waals surface area contributed by atoms with Crippen molar-refractivity contribution in [3.8, 4) is 11.5 Å². The topological polar surface area (TPSA) is 122 Å². The smallest absolute Gasteiger partial charge is 0.264 e. The van der Waals surface area contributed by atoms with E-state index >= 15 is 0 Å². The number of carbonyl (C=O) groups excluding carboxylic acids is 3. The Hall–Kier alpha value is -3.44. The molecule has 1 atom stereocenters. The van der Waals surface area contributed by atoms with Gasteiger partial charge in [-0.05, 0) is 50.3 Å². The van der Waals surface area contributed by atoms with Gasteiger partial charge in [0.15, 0.2) is 11.5 Å². The molecule has 1 aliphatic heterocycles. The number of imide groups is 1. The van der Waals surface area contributed by atoms with Crippen molar-refractivity contribution in [3.05, 3.63) is 53.1 Å². The molecule has 182 valence electrons. The molecule has 0 fully saturated rings. The Labute approximate surface area is 199 Å². The molecule has 0 saturated carbocycles. The summed E-state index contributed by atoms with van der Waals surface area (Å²) in [6.07, 6.45) is 0.00196. The zero-order valence-electron chi connectivity index (χ0n) is 19.4. The lowest BCUT2D eigenvalue weighted by Crippen LogP contribution is -2.35. The van der Waals surface area contributed by atoms with Crippen molar-refractivity contribution >= 4 is 34.1 Å². The molecule has 0 aliphatic carbocycles. The van der Waals surface area contributed by atoms with Gasteiger partial charge in [-0.3, -0.25) is 19.3 Å². The van der Waals surface area contributed by atoms with E-state index in [0.717, 1.165) is 4.90 Å². The molecular formula is C23H27N3O7S. The zero-order valence-corrected chi connectivity index (χ0v) is 20.3. The van der Waals surface area contributed by atoms with Gasteiger partial charge in [0.25, 0.3) is 11.8 Å². The van der Waals surface area contributed by atoms with Crippen molar-refractivity contribution < 1.29 is 32.3 Å². The van der Waals surface area contributed by atoms with E-state index in [4.69, 9.17) is 9.47 Å². The van der Waals surface area contributed by atoms with E-state index in [1.165, 1.54) is 20.3 Å². The van der Waals surface area contributed by atoms with Crippen LogP contribution in [0.5, 0.6) is 11.5 Å². The molecule has 3 rings (SSSR count). The maximum absolute atomic E-state index is 13.5. The largest absolute Gasteiger partial charge is 0.493 e. The molecule has 1 heterocycles. The summed E-state index contributed by atoms with van der Waals surface area (Å²) in [6, 6.07) is 8.68. The van der Waals surface area contributed by atoms with Crippen LogP contribution in [0.25, 0.3) is 0 Å². The normalized spacial score (nSPS) is 13.9. The van der Waals surface area contributed by atoms with Crippen LogP contribution in [0.4, 0.5) is 5.69 Å². The number of nitrogens with zero attached hydrogens (tertiary/aromatic N) is 2. The second-order valence-corrected chi connectivity index (χ2v) is 9.08. The molecule has 0 radical (unpaired) electrons. The lowest BCUT2D eigenvalue weighted by atomic mass is 10.0. The Balaban J connectivity index is 2.03. The second-order valence-electron chi connectivity index (χ2n) is 7.97. The van der Waals surface area contributed by atoms with Crippen LogP contribution in [-0.4, -0.2) is 76.6 Å². The summed E-state index contributed by atoms with van der Waals surface area (Å²) in [5, 5.41) is 2.69. The maximum Gasteiger partial charge on any atom is 0.264 e. The van der Waals surface area contributed by atoms with Gasteiger partial charge in [-0.15, -0.1) is 0 Å². The van der Waals surface area contributed by atoms with E-state index in [1.54, 1.807) is 49.3 Å². The number of carbonyl (C=O) groups is 3. The number of ether oxygens (including phenoxy) is 2. The molecule has 2 aromatic rings. The highest BCUT2D eigenvalue weighted by molar-refractivity contribution is 7.72. The molecule has 34 heavy (non-hydrogen) atoms. The van der Waals surface area contributed by atoms with Gasteiger partial charge in [0.1, 0.15) is 10.7 Å². The van der Waals surface area contributed by atoms with Gasteiger partial charge in [-0.1, -0.05) is 12.1 Å². The monoisotopic (exact) mass is 489 g/mol. The average molecular weight is 490 g/mol. The third-order valence-electron chi connectivity index (χ3n) is 5.37. The summed E-state index contributed by atoms with van der Waals surface area (Å²) in [5.41, 5.74) is 0.967. The molecule has 2 aromatic carbocycles. The molecule has 1 unspecified atom stereocenters. The van der Waals surface area contributed by atoms with Gasteiger partial charge in [-0.2, -0.15) is 0 Å². The first-order valence-electron chi connectivity index (χ1n) is 10.5. The van der Waals surface area contributed by atoms with Crippen LogP contribution in [0.2, 0.25) is 0 Å². The molecule has 0 aromatic heterocycles. The minimum Gasteiger partial charge on any atom is -0.493 e. The minimum absolute atomic E-state index is 0.00196. The molecule has 10 nitrogen and oxygen atoms in total. The zero-order chi connectivity index (χ0) is 25.0. The van der Waals surface area contributed by atoms with Crippen molar-refractivity contribution in [1.29, 1.82) is 0 Å². The molecular weight excluding hydrogens is 462 g/mol. The summed E-state index contributed by atoms with van der Waals surface area (Å²) in [5.74, 6) is -0.908. The van der Waals surface area contributed by atoms with Gasteiger partial charge in [0.2, 0.25) is 5.91 Å². The number of methoxy groups -OCH3 is 2. The van der Waals surface area contributed by atoms with Gasteiger partial charge >= 0.3 is 0 Å². The molecule has 1 N–H and O–H groups in total.